The Hall–Kier alpha value is -3.35. The van der Waals surface area contributed by atoms with Gasteiger partial charge in [-0.3, -0.25) is 9.78 Å². The molecule has 0 atom stereocenters. The molecule has 0 spiro atoms. The fourth-order valence-corrected chi connectivity index (χ4v) is 3.44. The zero-order valence-electron chi connectivity index (χ0n) is 14.0. The van der Waals surface area contributed by atoms with E-state index in [-0.39, 0.29) is 36.1 Å². The number of nitrogens with zero attached hydrogens (tertiary/aromatic N) is 2. The normalized spacial score (nSPS) is 13.3. The van der Waals surface area contributed by atoms with Crippen molar-refractivity contribution in [1.82, 2.24) is 9.88 Å². The molecule has 26 heavy (non-hydrogen) atoms. The van der Waals surface area contributed by atoms with Crippen LogP contribution in [0.15, 0.2) is 36.5 Å². The van der Waals surface area contributed by atoms with E-state index in [4.69, 9.17) is 0 Å². The number of benzene rings is 2. The van der Waals surface area contributed by atoms with Crippen LogP contribution in [-0.4, -0.2) is 33.1 Å². The Morgan fingerprint density at radius 1 is 1.31 bits per heavy atom. The molecule has 0 bridgehead atoms. The first-order valence-electron chi connectivity index (χ1n) is 8.08. The number of halogens is 1. The summed E-state index contributed by atoms with van der Waals surface area (Å²) in [7, 11) is 1.75. The lowest BCUT2D eigenvalue weighted by Crippen LogP contribution is -2.23. The molecule has 0 unspecified atom stereocenters. The van der Waals surface area contributed by atoms with Crippen LogP contribution < -0.4 is 5.32 Å². The summed E-state index contributed by atoms with van der Waals surface area (Å²) in [6.07, 6.45) is 1.56. The minimum atomic E-state index is -0.547. The molecule has 0 radical (unpaired) electrons. The lowest BCUT2D eigenvalue weighted by atomic mass is 10.0. The Kier molecular flexibility index (Phi) is 3.64. The van der Waals surface area contributed by atoms with E-state index in [9.17, 15) is 19.4 Å². The SMILES string of the molecule is CNc1c2c(c(O)c3ncccc13)C(=O)N(Cc1ccc(F)cc1O)C2. The van der Waals surface area contributed by atoms with E-state index in [0.717, 1.165) is 17.1 Å². The van der Waals surface area contributed by atoms with Gasteiger partial charge in [-0.1, -0.05) is 6.07 Å². The number of hydrogen-bond acceptors (Lipinski definition) is 5. The van der Waals surface area contributed by atoms with Crippen molar-refractivity contribution in [3.8, 4) is 11.5 Å². The van der Waals surface area contributed by atoms with E-state index in [1.807, 2.05) is 6.07 Å². The van der Waals surface area contributed by atoms with Crippen LogP contribution >= 0.6 is 0 Å². The number of aromatic nitrogens is 1. The van der Waals surface area contributed by atoms with Gasteiger partial charge in [0.05, 0.1) is 5.56 Å². The van der Waals surface area contributed by atoms with Crippen molar-refractivity contribution in [1.29, 1.82) is 0 Å². The van der Waals surface area contributed by atoms with Crippen molar-refractivity contribution in [3.05, 3.63) is 59.0 Å². The molecule has 1 aliphatic rings. The van der Waals surface area contributed by atoms with E-state index in [1.165, 1.54) is 17.0 Å². The molecule has 4 rings (SSSR count). The van der Waals surface area contributed by atoms with Crippen molar-refractivity contribution in [2.45, 2.75) is 13.1 Å². The van der Waals surface area contributed by atoms with Crippen molar-refractivity contribution in [2.24, 2.45) is 0 Å². The smallest absolute Gasteiger partial charge is 0.258 e. The van der Waals surface area contributed by atoms with Gasteiger partial charge < -0.3 is 20.4 Å². The summed E-state index contributed by atoms with van der Waals surface area (Å²) in [5.41, 5.74) is 2.41. The minimum absolute atomic E-state index is 0.103. The van der Waals surface area contributed by atoms with E-state index in [0.29, 0.717) is 16.6 Å². The van der Waals surface area contributed by atoms with Crippen LogP contribution in [0.25, 0.3) is 10.9 Å². The first-order valence-corrected chi connectivity index (χ1v) is 8.08. The van der Waals surface area contributed by atoms with Crippen LogP contribution in [0.4, 0.5) is 10.1 Å². The van der Waals surface area contributed by atoms with Crippen molar-refractivity contribution < 1.29 is 19.4 Å². The lowest BCUT2D eigenvalue weighted by Gasteiger charge is -2.16. The maximum atomic E-state index is 13.2. The Labute approximate surface area is 148 Å². The monoisotopic (exact) mass is 353 g/mol. The lowest BCUT2D eigenvalue weighted by molar-refractivity contribution is 0.0764. The zero-order valence-corrected chi connectivity index (χ0v) is 14.0. The summed E-state index contributed by atoms with van der Waals surface area (Å²) in [5, 5.41) is 24.3. The number of phenolic OH excluding ortho intramolecular Hbond substituents is 2. The number of pyridine rings is 1. The number of carbonyl (C=O) groups is 1. The third kappa shape index (κ3) is 2.32. The van der Waals surface area contributed by atoms with Gasteiger partial charge >= 0.3 is 0 Å². The highest BCUT2D eigenvalue weighted by Crippen LogP contribution is 2.42. The quantitative estimate of drug-likeness (QED) is 0.630. The topological polar surface area (TPSA) is 85.7 Å². The number of hydrogen-bond donors (Lipinski definition) is 3. The van der Waals surface area contributed by atoms with E-state index < -0.39 is 5.82 Å². The van der Waals surface area contributed by atoms with Gasteiger partial charge in [-0.2, -0.15) is 0 Å². The van der Waals surface area contributed by atoms with Gasteiger partial charge in [0.1, 0.15) is 17.1 Å². The number of carbonyl (C=O) groups excluding carboxylic acids is 1. The molecule has 3 N–H and O–H groups in total. The van der Waals surface area contributed by atoms with Crippen molar-refractivity contribution >= 4 is 22.5 Å². The maximum Gasteiger partial charge on any atom is 0.258 e. The summed E-state index contributed by atoms with van der Waals surface area (Å²) < 4.78 is 13.2. The largest absolute Gasteiger partial charge is 0.507 e. The summed E-state index contributed by atoms with van der Waals surface area (Å²) in [6.45, 7) is 0.367. The maximum absolute atomic E-state index is 13.2. The van der Waals surface area contributed by atoms with Gasteiger partial charge in [0.2, 0.25) is 0 Å². The first-order chi connectivity index (χ1) is 12.5. The van der Waals surface area contributed by atoms with Crippen LogP contribution in [0.2, 0.25) is 0 Å². The summed E-state index contributed by atoms with van der Waals surface area (Å²) in [4.78, 5) is 18.6. The average Bonchev–Trinajstić information content (AvgIpc) is 2.95. The molecule has 2 aromatic carbocycles. The Bertz CT molecular complexity index is 1050. The fraction of sp³-hybridized carbons (Fsp3) is 0.158. The molecule has 0 aliphatic carbocycles. The molecule has 3 aromatic rings. The average molecular weight is 353 g/mol. The predicted octanol–water partition coefficient (Wildman–Crippen LogP) is 2.98. The summed E-state index contributed by atoms with van der Waals surface area (Å²) >= 11 is 0. The fourth-order valence-electron chi connectivity index (χ4n) is 3.44. The molecular weight excluding hydrogens is 337 g/mol. The highest BCUT2D eigenvalue weighted by molar-refractivity contribution is 6.11. The Balaban J connectivity index is 1.80. The van der Waals surface area contributed by atoms with E-state index >= 15 is 0 Å². The Morgan fingerprint density at radius 2 is 2.12 bits per heavy atom. The van der Waals surface area contributed by atoms with Crippen LogP contribution in [-0.2, 0) is 13.1 Å². The highest BCUT2D eigenvalue weighted by Gasteiger charge is 2.35. The summed E-state index contributed by atoms with van der Waals surface area (Å²) in [6, 6.07) is 7.28. The van der Waals surface area contributed by atoms with Gasteiger partial charge in [-0.25, -0.2) is 4.39 Å². The van der Waals surface area contributed by atoms with Gasteiger partial charge in [0, 0.05) is 54.6 Å². The zero-order chi connectivity index (χ0) is 18.4. The third-order valence-electron chi connectivity index (χ3n) is 4.65. The molecule has 0 saturated heterocycles. The van der Waals surface area contributed by atoms with Crippen molar-refractivity contribution in [2.75, 3.05) is 12.4 Å². The van der Waals surface area contributed by atoms with Gasteiger partial charge in [0.25, 0.3) is 5.91 Å². The van der Waals surface area contributed by atoms with Gasteiger partial charge in [-0.15, -0.1) is 0 Å². The predicted molar refractivity (Wildman–Crippen MR) is 94.6 cm³/mol. The molecular formula is C19H16FN3O3. The molecule has 6 nitrogen and oxygen atoms in total. The molecule has 7 heteroatoms. The number of nitrogens with one attached hydrogen (secondary N) is 1. The second-order valence-electron chi connectivity index (χ2n) is 6.16. The summed E-state index contributed by atoms with van der Waals surface area (Å²) in [5.74, 6) is -1.26. The molecule has 1 amide bonds. The number of rotatable bonds is 3. The van der Waals surface area contributed by atoms with E-state index in [2.05, 4.69) is 10.3 Å². The second-order valence-corrected chi connectivity index (χ2v) is 6.16. The molecule has 1 aromatic heterocycles. The molecule has 0 fully saturated rings. The number of fused-ring (bicyclic) bond motifs is 2. The third-order valence-corrected chi connectivity index (χ3v) is 4.65. The number of phenols is 2. The van der Waals surface area contributed by atoms with Crippen LogP contribution in [0.3, 0.4) is 0 Å². The van der Waals surface area contributed by atoms with Crippen molar-refractivity contribution in [3.63, 3.8) is 0 Å². The number of aromatic hydroxyl groups is 2. The van der Waals surface area contributed by atoms with E-state index in [1.54, 1.807) is 19.3 Å². The van der Waals surface area contributed by atoms with Gasteiger partial charge in [0.15, 0.2) is 5.75 Å². The molecule has 132 valence electrons. The standard InChI is InChI=1S/C19H16FN3O3/c1-21-16-12-3-2-6-22-17(12)18(25)15-13(16)9-23(19(15)26)8-10-4-5-11(20)7-14(10)24/h2-7,21,24-25H,8-9H2,1H3. The number of anilines is 1. The number of amides is 1. The van der Waals surface area contributed by atoms with Gasteiger partial charge in [-0.05, 0) is 18.2 Å². The van der Waals surface area contributed by atoms with Crippen LogP contribution in [0, 0.1) is 5.82 Å². The minimum Gasteiger partial charge on any atom is -0.507 e. The molecule has 1 aliphatic heterocycles. The molecule has 2 heterocycles. The highest BCUT2D eigenvalue weighted by atomic mass is 19.1. The second kappa shape index (κ2) is 5.87. The molecule has 0 saturated carbocycles. The van der Waals surface area contributed by atoms with Crippen LogP contribution in [0.1, 0.15) is 21.5 Å². The van der Waals surface area contributed by atoms with Crippen LogP contribution in [0.5, 0.6) is 11.5 Å². The Morgan fingerprint density at radius 3 is 2.85 bits per heavy atom. The first kappa shape index (κ1) is 16.1.